The number of rotatable bonds is 3. The number of thiazole rings is 1. The third kappa shape index (κ3) is 3.08. The summed E-state index contributed by atoms with van der Waals surface area (Å²) in [6.07, 6.45) is 1.73. The highest BCUT2D eigenvalue weighted by molar-refractivity contribution is 7.18. The van der Waals surface area contributed by atoms with Crippen LogP contribution in [-0.2, 0) is 0 Å². The summed E-state index contributed by atoms with van der Waals surface area (Å²) in [5, 5.41) is 2.98. The van der Waals surface area contributed by atoms with E-state index in [-0.39, 0.29) is 17.1 Å². The first-order valence-corrected chi connectivity index (χ1v) is 11.7. The second kappa shape index (κ2) is 7.36. The highest BCUT2D eigenvalue weighted by Crippen LogP contribution is 2.35. The quantitative estimate of drug-likeness (QED) is 0.225. The molecule has 4 nitrogen and oxygen atoms in total. The van der Waals surface area contributed by atoms with Gasteiger partial charge in [0.1, 0.15) is 0 Å². The largest absolute Gasteiger partial charge is 0.294 e. The van der Waals surface area contributed by atoms with E-state index in [0.29, 0.717) is 17.0 Å². The minimum Gasteiger partial charge on any atom is -0.294 e. The van der Waals surface area contributed by atoms with E-state index in [2.05, 4.69) is 13.8 Å². The second-order valence-electron chi connectivity index (χ2n) is 8.60. The number of hydrogen-bond acceptors (Lipinski definition) is 4. The van der Waals surface area contributed by atoms with Crippen molar-refractivity contribution in [3.05, 3.63) is 100 Å². The van der Waals surface area contributed by atoms with Crippen LogP contribution >= 0.6 is 11.3 Å². The molecule has 0 amide bonds. The normalized spacial score (nSPS) is 13.5. The molecule has 3 aromatic carbocycles. The van der Waals surface area contributed by atoms with Crippen LogP contribution in [0.4, 0.5) is 0 Å². The molecular weight excluding hydrogens is 428 g/mol. The molecule has 0 radical (unpaired) electrons. The zero-order chi connectivity index (χ0) is 22.7. The number of nitrogens with zero attached hydrogens (tertiary/aromatic N) is 2. The van der Waals surface area contributed by atoms with Crippen molar-refractivity contribution in [2.45, 2.75) is 19.8 Å². The van der Waals surface area contributed by atoms with E-state index < -0.39 is 0 Å². The van der Waals surface area contributed by atoms with Crippen LogP contribution in [0, 0.1) is 0 Å². The smallest absolute Gasteiger partial charge is 0.197 e. The Balaban J connectivity index is 1.54. The summed E-state index contributed by atoms with van der Waals surface area (Å²) in [4.78, 5) is 31.5. The van der Waals surface area contributed by atoms with E-state index in [1.807, 2.05) is 77.4 Å². The predicted octanol–water partition coefficient (Wildman–Crippen LogP) is 6.83. The van der Waals surface area contributed by atoms with Crippen molar-refractivity contribution in [3.8, 4) is 5.69 Å². The third-order valence-electron chi connectivity index (χ3n) is 6.06. The van der Waals surface area contributed by atoms with Crippen LogP contribution in [0.15, 0.2) is 78.4 Å². The van der Waals surface area contributed by atoms with Gasteiger partial charge in [0.15, 0.2) is 17.2 Å². The summed E-state index contributed by atoms with van der Waals surface area (Å²) in [6.45, 7) is 4.26. The van der Waals surface area contributed by atoms with Gasteiger partial charge in [-0.25, -0.2) is 4.98 Å². The van der Waals surface area contributed by atoms with Crippen molar-refractivity contribution in [2.24, 2.45) is 0 Å². The predicted molar refractivity (Wildman–Crippen MR) is 134 cm³/mol. The van der Waals surface area contributed by atoms with Gasteiger partial charge in [-0.15, -0.1) is 11.3 Å². The zero-order valence-electron chi connectivity index (χ0n) is 18.2. The Hall–Kier alpha value is -3.83. The standard InChI is InChI=1S/C28H20N2O2S/c1-16(2)28-29-27-24(33-28)15-20(30(27)19-10-4-3-5-11-19)14-23-25(31)21-12-17-8-6-7-9-18(17)13-22(21)26(23)32/h3-16H,1-2H3. The van der Waals surface area contributed by atoms with Crippen LogP contribution in [0.3, 0.4) is 0 Å². The average Bonchev–Trinajstić information content (AvgIpc) is 3.45. The summed E-state index contributed by atoms with van der Waals surface area (Å²) < 4.78 is 3.07. The van der Waals surface area contributed by atoms with Crippen molar-refractivity contribution in [1.82, 2.24) is 9.55 Å². The molecule has 5 heteroatoms. The maximum atomic E-state index is 13.3. The van der Waals surface area contributed by atoms with Gasteiger partial charge in [0, 0.05) is 22.7 Å². The molecule has 1 aliphatic rings. The van der Waals surface area contributed by atoms with Gasteiger partial charge in [0.2, 0.25) is 0 Å². The summed E-state index contributed by atoms with van der Waals surface area (Å²) in [5.41, 5.74) is 3.73. The highest BCUT2D eigenvalue weighted by atomic mass is 32.1. The first-order chi connectivity index (χ1) is 16.0. The van der Waals surface area contributed by atoms with Gasteiger partial charge in [0.25, 0.3) is 0 Å². The molecule has 6 rings (SSSR count). The number of fused-ring (bicyclic) bond motifs is 3. The summed E-state index contributed by atoms with van der Waals surface area (Å²) in [5.74, 6) is -0.114. The monoisotopic (exact) mass is 448 g/mol. The molecule has 1 aliphatic carbocycles. The molecular formula is C28H20N2O2S. The Labute approximate surface area is 194 Å². The maximum Gasteiger partial charge on any atom is 0.197 e. The first kappa shape index (κ1) is 19.8. The van der Waals surface area contributed by atoms with Crippen LogP contribution in [0.5, 0.6) is 0 Å². The van der Waals surface area contributed by atoms with Crippen LogP contribution < -0.4 is 0 Å². The van der Waals surface area contributed by atoms with Gasteiger partial charge in [-0.3, -0.25) is 14.2 Å². The summed E-state index contributed by atoms with van der Waals surface area (Å²) >= 11 is 1.65. The number of Topliss-reactive ketones (excluding diaryl/α,β-unsaturated/α-hetero) is 2. The number of hydrogen-bond donors (Lipinski definition) is 0. The minimum atomic E-state index is -0.222. The Kier molecular flexibility index (Phi) is 4.42. The van der Waals surface area contributed by atoms with E-state index in [0.717, 1.165) is 37.5 Å². The van der Waals surface area contributed by atoms with Crippen LogP contribution in [0.2, 0.25) is 0 Å². The number of carbonyl (C=O) groups is 2. The van der Waals surface area contributed by atoms with Crippen molar-refractivity contribution in [3.63, 3.8) is 0 Å². The lowest BCUT2D eigenvalue weighted by atomic mass is 10.0. The van der Waals surface area contributed by atoms with E-state index in [4.69, 9.17) is 4.98 Å². The van der Waals surface area contributed by atoms with Crippen LogP contribution in [0.25, 0.3) is 32.9 Å². The lowest BCUT2D eigenvalue weighted by molar-refractivity contribution is 0.0990. The molecule has 0 saturated carbocycles. The Morgan fingerprint density at radius 1 is 0.848 bits per heavy atom. The molecule has 33 heavy (non-hydrogen) atoms. The van der Waals surface area contributed by atoms with Gasteiger partial charge in [-0.2, -0.15) is 0 Å². The molecule has 0 atom stereocenters. The number of allylic oxidation sites excluding steroid dienone is 1. The zero-order valence-corrected chi connectivity index (χ0v) is 19.0. The summed E-state index contributed by atoms with van der Waals surface area (Å²) in [7, 11) is 0. The SMILES string of the molecule is CC(C)c1nc2c(cc(C=C3C(=O)c4cc5ccccc5cc4C3=O)n2-c2ccccc2)s1. The van der Waals surface area contributed by atoms with E-state index in [9.17, 15) is 9.59 Å². The molecule has 0 fully saturated rings. The molecule has 0 N–H and O–H groups in total. The number of aromatic nitrogens is 2. The van der Waals surface area contributed by atoms with Gasteiger partial charge >= 0.3 is 0 Å². The minimum absolute atomic E-state index is 0.201. The molecule has 0 saturated heterocycles. The number of carbonyl (C=O) groups excluding carboxylic acids is 2. The number of para-hydroxylation sites is 1. The van der Waals surface area contributed by atoms with Crippen molar-refractivity contribution < 1.29 is 9.59 Å². The van der Waals surface area contributed by atoms with E-state index in [1.54, 1.807) is 17.4 Å². The molecule has 5 aromatic rings. The number of benzene rings is 3. The number of ketones is 2. The molecule has 0 spiro atoms. The third-order valence-corrected chi connectivity index (χ3v) is 7.36. The fourth-order valence-electron chi connectivity index (χ4n) is 4.41. The van der Waals surface area contributed by atoms with Crippen molar-refractivity contribution >= 4 is 50.1 Å². The summed E-state index contributed by atoms with van der Waals surface area (Å²) in [6, 6.07) is 23.4. The average molecular weight is 449 g/mol. The van der Waals surface area contributed by atoms with Crippen LogP contribution in [0.1, 0.15) is 51.2 Å². The van der Waals surface area contributed by atoms with Gasteiger partial charge in [-0.1, -0.05) is 56.3 Å². The molecule has 0 unspecified atom stereocenters. The van der Waals surface area contributed by atoms with E-state index in [1.165, 1.54) is 0 Å². The Bertz CT molecular complexity index is 1560. The fraction of sp³-hybridized carbons (Fsp3) is 0.107. The van der Waals surface area contributed by atoms with Gasteiger partial charge in [-0.05, 0) is 47.2 Å². The topological polar surface area (TPSA) is 52.0 Å². The van der Waals surface area contributed by atoms with E-state index >= 15 is 0 Å². The highest BCUT2D eigenvalue weighted by Gasteiger charge is 2.34. The Morgan fingerprint density at radius 3 is 2.06 bits per heavy atom. The molecule has 2 heterocycles. The lowest BCUT2D eigenvalue weighted by Crippen LogP contribution is -2.03. The maximum absolute atomic E-state index is 13.3. The van der Waals surface area contributed by atoms with Gasteiger partial charge in [0.05, 0.1) is 21.0 Å². The van der Waals surface area contributed by atoms with Crippen molar-refractivity contribution in [2.75, 3.05) is 0 Å². The molecule has 0 bridgehead atoms. The molecule has 0 aliphatic heterocycles. The fourth-order valence-corrected chi connectivity index (χ4v) is 5.41. The van der Waals surface area contributed by atoms with Crippen molar-refractivity contribution in [1.29, 1.82) is 0 Å². The van der Waals surface area contributed by atoms with Crippen LogP contribution in [-0.4, -0.2) is 21.1 Å². The lowest BCUT2D eigenvalue weighted by Gasteiger charge is -2.08. The second-order valence-corrected chi connectivity index (χ2v) is 9.66. The first-order valence-electron chi connectivity index (χ1n) is 10.9. The molecule has 2 aromatic heterocycles. The van der Waals surface area contributed by atoms with Gasteiger partial charge < -0.3 is 0 Å². The Morgan fingerprint density at radius 2 is 1.45 bits per heavy atom. The molecule has 160 valence electrons.